The summed E-state index contributed by atoms with van der Waals surface area (Å²) in [6.45, 7) is -0.633. The van der Waals surface area contributed by atoms with Gasteiger partial charge in [0.15, 0.2) is 0 Å². The van der Waals surface area contributed by atoms with E-state index in [2.05, 4.69) is 21.2 Å². The number of nitrogens with two attached hydrogens (primary N) is 2. The van der Waals surface area contributed by atoms with E-state index in [0.717, 1.165) is 12.1 Å². The number of halogens is 4. The Kier molecular flexibility index (Phi) is 9.30. The number of rotatable bonds is 8. The van der Waals surface area contributed by atoms with Crippen LogP contribution < -0.4 is 27.1 Å². The van der Waals surface area contributed by atoms with Gasteiger partial charge in [0.25, 0.3) is 5.56 Å². The first-order valence-corrected chi connectivity index (χ1v) is 10.4. The average molecular weight is 558 g/mol. The van der Waals surface area contributed by atoms with E-state index in [1.165, 1.54) is 28.8 Å². The molecule has 12 heteroatoms. The predicted molar refractivity (Wildman–Crippen MR) is 127 cm³/mol. The lowest BCUT2D eigenvalue weighted by molar-refractivity contribution is -0.119. The number of carbonyl (C=O) groups is 2. The summed E-state index contributed by atoms with van der Waals surface area (Å²) in [6.07, 6.45) is 0. The molecule has 0 aliphatic rings. The van der Waals surface area contributed by atoms with E-state index in [1.807, 2.05) is 0 Å². The van der Waals surface area contributed by atoms with Crippen molar-refractivity contribution in [2.45, 2.75) is 13.2 Å². The first-order valence-electron chi connectivity index (χ1n) is 9.59. The lowest BCUT2D eigenvalue weighted by atomic mass is 10.1. The number of nitrogens with zero attached hydrogens (tertiary/aromatic N) is 1. The van der Waals surface area contributed by atoms with E-state index in [0.29, 0.717) is 11.4 Å². The molecule has 1 aromatic heterocycles. The van der Waals surface area contributed by atoms with E-state index in [1.54, 1.807) is 12.1 Å². The highest BCUT2D eigenvalue weighted by Crippen LogP contribution is 2.26. The summed E-state index contributed by atoms with van der Waals surface area (Å²) in [5.41, 5.74) is 11.0. The smallest absolute Gasteiger partial charge is 0.273 e. The van der Waals surface area contributed by atoms with Crippen molar-refractivity contribution >= 4 is 40.2 Å². The second kappa shape index (κ2) is 11.7. The van der Waals surface area contributed by atoms with Crippen LogP contribution >= 0.6 is 28.3 Å². The number of carbonyl (C=O) groups excluding carboxylic acids is 2. The van der Waals surface area contributed by atoms with Crippen molar-refractivity contribution in [2.24, 2.45) is 11.5 Å². The lowest BCUT2D eigenvalue weighted by Gasteiger charge is -2.18. The van der Waals surface area contributed by atoms with E-state index >= 15 is 0 Å². The predicted octanol–water partition coefficient (Wildman–Crippen LogP) is 2.55. The standard InChI is InChI=1S/C22H19BrF2N4O4.ClH/c23-20-18(33-11-13-4-5-14(24)7-17(13)25)8-16(10-28-19(30)9-26)29(22(20)32)15-3-1-2-12(6-15)21(27)31;/h1-8H,9-11,26H2,(H2,27,31)(H,28,30);1H. The van der Waals surface area contributed by atoms with Crippen molar-refractivity contribution in [3.63, 3.8) is 0 Å². The van der Waals surface area contributed by atoms with Gasteiger partial charge in [-0.25, -0.2) is 8.78 Å². The number of primary amides is 1. The topological polar surface area (TPSA) is 129 Å². The molecular weight excluding hydrogens is 538 g/mol. The SMILES string of the molecule is Cl.NCC(=O)NCc1cc(OCc2ccc(F)cc2F)c(Br)c(=O)n1-c1cccc(C(N)=O)c1. The molecule has 2 aromatic carbocycles. The Morgan fingerprint density at radius 2 is 1.85 bits per heavy atom. The van der Waals surface area contributed by atoms with Crippen molar-refractivity contribution in [1.29, 1.82) is 0 Å². The number of benzene rings is 2. The molecule has 0 atom stereocenters. The van der Waals surface area contributed by atoms with Crippen LogP contribution in [-0.2, 0) is 17.9 Å². The third-order valence-corrected chi connectivity index (χ3v) is 5.36. The molecule has 0 fully saturated rings. The molecule has 8 nitrogen and oxygen atoms in total. The van der Waals surface area contributed by atoms with E-state index in [-0.39, 0.29) is 53.5 Å². The summed E-state index contributed by atoms with van der Waals surface area (Å²) in [6, 6.07) is 10.6. The van der Waals surface area contributed by atoms with Crippen molar-refractivity contribution in [1.82, 2.24) is 9.88 Å². The minimum absolute atomic E-state index is 0. The van der Waals surface area contributed by atoms with E-state index in [9.17, 15) is 23.2 Å². The molecule has 180 valence electrons. The molecule has 0 saturated heterocycles. The molecule has 0 unspecified atom stereocenters. The van der Waals surface area contributed by atoms with Gasteiger partial charge >= 0.3 is 0 Å². The Labute approximate surface area is 207 Å². The summed E-state index contributed by atoms with van der Waals surface area (Å²) < 4.78 is 34.0. The van der Waals surface area contributed by atoms with Gasteiger partial charge in [0.1, 0.15) is 28.5 Å². The van der Waals surface area contributed by atoms with Crippen LogP contribution in [0.5, 0.6) is 5.75 Å². The molecule has 0 saturated carbocycles. The number of amides is 2. The second-order valence-corrected chi connectivity index (χ2v) is 7.67. The van der Waals surface area contributed by atoms with Crippen LogP contribution in [0.25, 0.3) is 5.69 Å². The van der Waals surface area contributed by atoms with Crippen molar-refractivity contribution < 1.29 is 23.1 Å². The van der Waals surface area contributed by atoms with Crippen LogP contribution in [0, 0.1) is 11.6 Å². The van der Waals surface area contributed by atoms with Crippen molar-refractivity contribution in [2.75, 3.05) is 6.54 Å². The second-order valence-electron chi connectivity index (χ2n) is 6.87. The van der Waals surface area contributed by atoms with Crippen LogP contribution in [0.2, 0.25) is 0 Å². The highest BCUT2D eigenvalue weighted by molar-refractivity contribution is 9.10. The van der Waals surface area contributed by atoms with Crippen molar-refractivity contribution in [3.05, 3.63) is 91.8 Å². The van der Waals surface area contributed by atoms with Crippen molar-refractivity contribution in [3.8, 4) is 11.4 Å². The molecule has 0 spiro atoms. The minimum Gasteiger partial charge on any atom is -0.487 e. The van der Waals surface area contributed by atoms with E-state index in [4.69, 9.17) is 16.2 Å². The van der Waals surface area contributed by atoms with Gasteiger partial charge in [0, 0.05) is 34.6 Å². The van der Waals surface area contributed by atoms with Gasteiger partial charge < -0.3 is 21.5 Å². The molecule has 2 amide bonds. The Morgan fingerprint density at radius 3 is 2.50 bits per heavy atom. The summed E-state index contributed by atoms with van der Waals surface area (Å²) in [5, 5.41) is 2.57. The minimum atomic E-state index is -0.793. The molecule has 5 N–H and O–H groups in total. The van der Waals surface area contributed by atoms with Gasteiger partial charge in [-0.3, -0.25) is 19.0 Å². The van der Waals surface area contributed by atoms with Gasteiger partial charge in [-0.15, -0.1) is 12.4 Å². The van der Waals surface area contributed by atoms with Crippen LogP contribution in [0.4, 0.5) is 8.78 Å². The monoisotopic (exact) mass is 556 g/mol. The van der Waals surface area contributed by atoms with E-state index < -0.39 is 29.0 Å². The number of pyridine rings is 1. The molecule has 3 aromatic rings. The fraction of sp³-hybridized carbons (Fsp3) is 0.136. The lowest BCUT2D eigenvalue weighted by Crippen LogP contribution is -2.33. The molecule has 0 aliphatic heterocycles. The maximum atomic E-state index is 14.0. The molecule has 0 radical (unpaired) electrons. The number of nitrogens with one attached hydrogen (secondary N) is 1. The maximum Gasteiger partial charge on any atom is 0.273 e. The Bertz CT molecular complexity index is 1290. The quantitative estimate of drug-likeness (QED) is 0.392. The molecular formula is C22H20BrClF2N4O4. The molecule has 34 heavy (non-hydrogen) atoms. The van der Waals surface area contributed by atoms with Gasteiger partial charge in [0.05, 0.1) is 13.1 Å². The van der Waals surface area contributed by atoms with Crippen LogP contribution in [-0.4, -0.2) is 22.9 Å². The van der Waals surface area contributed by atoms with Gasteiger partial charge in [0.2, 0.25) is 11.8 Å². The number of aromatic nitrogens is 1. The molecule has 3 rings (SSSR count). The maximum absolute atomic E-state index is 14.0. The zero-order valence-corrected chi connectivity index (χ0v) is 19.9. The fourth-order valence-corrected chi connectivity index (χ4v) is 3.39. The molecule has 1 heterocycles. The van der Waals surface area contributed by atoms with Gasteiger partial charge in [-0.1, -0.05) is 6.07 Å². The summed E-state index contributed by atoms with van der Waals surface area (Å²) >= 11 is 3.20. The summed E-state index contributed by atoms with van der Waals surface area (Å²) in [4.78, 5) is 36.5. The summed E-state index contributed by atoms with van der Waals surface area (Å²) in [7, 11) is 0. The third-order valence-electron chi connectivity index (χ3n) is 4.63. The highest BCUT2D eigenvalue weighted by atomic mass is 79.9. The zero-order chi connectivity index (χ0) is 24.1. The average Bonchev–Trinajstić information content (AvgIpc) is 2.79. The number of hydrogen-bond acceptors (Lipinski definition) is 5. The molecule has 0 bridgehead atoms. The normalized spacial score (nSPS) is 10.4. The number of ether oxygens (including phenoxy) is 1. The Hall–Kier alpha value is -3.28. The van der Waals surface area contributed by atoms with Crippen LogP contribution in [0.15, 0.2) is 57.8 Å². The van der Waals surface area contributed by atoms with Crippen LogP contribution in [0.3, 0.4) is 0 Å². The zero-order valence-electron chi connectivity index (χ0n) is 17.5. The van der Waals surface area contributed by atoms with Gasteiger partial charge in [-0.2, -0.15) is 0 Å². The third kappa shape index (κ3) is 6.19. The molecule has 0 aliphatic carbocycles. The number of hydrogen-bond donors (Lipinski definition) is 3. The first-order chi connectivity index (χ1) is 15.7. The highest BCUT2D eigenvalue weighted by Gasteiger charge is 2.18. The fourth-order valence-electron chi connectivity index (χ4n) is 2.99. The summed E-state index contributed by atoms with van der Waals surface area (Å²) in [5.74, 6) is -2.58. The van der Waals surface area contributed by atoms with Crippen LogP contribution in [0.1, 0.15) is 21.6 Å². The van der Waals surface area contributed by atoms with Gasteiger partial charge in [-0.05, 0) is 46.3 Å². The first kappa shape index (κ1) is 27.0. The largest absolute Gasteiger partial charge is 0.487 e. The Balaban J connectivity index is 0.00000408. The Morgan fingerprint density at radius 1 is 1.12 bits per heavy atom.